The third kappa shape index (κ3) is 1.18. The Bertz CT molecular complexity index is 730. The lowest BCUT2D eigenvalue weighted by molar-refractivity contribution is -0.372. The molecule has 25 heavy (non-hydrogen) atoms. The summed E-state index contributed by atoms with van der Waals surface area (Å²) in [7, 11) is 0. The van der Waals surface area contributed by atoms with Crippen LogP contribution in [0.2, 0.25) is 0 Å². The highest BCUT2D eigenvalue weighted by Gasteiger charge is 2.94. The second kappa shape index (κ2) is 3.90. The van der Waals surface area contributed by atoms with E-state index in [0.29, 0.717) is 12.3 Å². The fourth-order valence-corrected chi connectivity index (χ4v) is 8.61. The first-order valence-electron chi connectivity index (χ1n) is 9.66. The van der Waals surface area contributed by atoms with Gasteiger partial charge in [0.15, 0.2) is 5.78 Å². The van der Waals surface area contributed by atoms with Crippen molar-refractivity contribution in [2.24, 2.45) is 40.4 Å². The Labute approximate surface area is 148 Å². The summed E-state index contributed by atoms with van der Waals surface area (Å²) < 4.78 is 6.04. The van der Waals surface area contributed by atoms with E-state index in [1.807, 2.05) is 20.8 Å². The van der Waals surface area contributed by atoms with Gasteiger partial charge in [-0.05, 0) is 63.7 Å². The molecule has 0 aromatic heterocycles. The number of ketones is 2. The molecule has 1 saturated heterocycles. The van der Waals surface area contributed by atoms with Crippen LogP contribution in [0.5, 0.6) is 0 Å². The number of fused-ring (bicyclic) bond motifs is 3. The molecule has 5 aliphatic rings. The molecule has 1 aliphatic heterocycles. The quantitative estimate of drug-likeness (QED) is 0.651. The van der Waals surface area contributed by atoms with Crippen molar-refractivity contribution in [2.75, 3.05) is 0 Å². The van der Waals surface area contributed by atoms with Crippen LogP contribution in [0.1, 0.15) is 53.9 Å². The molecule has 3 bridgehead atoms. The maximum atomic E-state index is 13.9. The molecule has 5 fully saturated rings. The number of hydrogen-bond acceptors (Lipinski definition) is 5. The van der Waals surface area contributed by atoms with Crippen molar-refractivity contribution in [1.29, 1.82) is 0 Å². The smallest absolute Gasteiger partial charge is 0.259 e. The molecule has 2 N–H and O–H groups in total. The number of hydrogen-bond donors (Lipinski definition) is 2. The van der Waals surface area contributed by atoms with Gasteiger partial charge in [0.25, 0.3) is 5.79 Å². The molecule has 0 amide bonds. The fourth-order valence-electron chi connectivity index (χ4n) is 8.61. The van der Waals surface area contributed by atoms with Crippen molar-refractivity contribution >= 4 is 11.6 Å². The van der Waals surface area contributed by atoms with E-state index in [9.17, 15) is 19.8 Å². The van der Waals surface area contributed by atoms with Crippen molar-refractivity contribution in [3.8, 4) is 0 Å². The summed E-state index contributed by atoms with van der Waals surface area (Å²) in [6, 6.07) is 0. The maximum Gasteiger partial charge on any atom is 0.259 e. The minimum Gasteiger partial charge on any atom is -0.382 e. The Balaban J connectivity index is 1.95. The van der Waals surface area contributed by atoms with Gasteiger partial charge >= 0.3 is 0 Å². The van der Waals surface area contributed by atoms with E-state index >= 15 is 0 Å². The van der Waals surface area contributed by atoms with Gasteiger partial charge in [0.1, 0.15) is 5.60 Å². The average Bonchev–Trinajstić information content (AvgIpc) is 2.87. The highest BCUT2D eigenvalue weighted by molar-refractivity contribution is 6.18. The number of carbonyl (C=O) groups is 2. The van der Waals surface area contributed by atoms with Gasteiger partial charge in [-0.1, -0.05) is 13.8 Å². The second-order valence-electron chi connectivity index (χ2n) is 10.2. The second-order valence-corrected chi connectivity index (χ2v) is 10.2. The first-order chi connectivity index (χ1) is 11.4. The number of Topliss-reactive ketones (excluding diaryl/α,β-unsaturated/α-hetero) is 2. The zero-order chi connectivity index (χ0) is 18.4. The van der Waals surface area contributed by atoms with Crippen LogP contribution in [0.3, 0.4) is 0 Å². The van der Waals surface area contributed by atoms with Crippen LogP contribution >= 0.6 is 0 Å². The van der Waals surface area contributed by atoms with E-state index in [4.69, 9.17) is 4.74 Å². The molecular formula is C20H28O5. The van der Waals surface area contributed by atoms with Crippen molar-refractivity contribution in [2.45, 2.75) is 70.9 Å². The molecule has 138 valence electrons. The van der Waals surface area contributed by atoms with Crippen LogP contribution in [0, 0.1) is 40.4 Å². The summed E-state index contributed by atoms with van der Waals surface area (Å²) in [5.74, 6) is -3.51. The molecule has 0 aromatic rings. The zero-order valence-corrected chi connectivity index (χ0v) is 15.6. The lowest BCUT2D eigenvalue weighted by atomic mass is 9.44. The molecule has 5 rings (SSSR count). The Morgan fingerprint density at radius 3 is 2.28 bits per heavy atom. The SMILES string of the molecule is C[C@H]1C[C@H]2[C@@H]3C(C)(C)O[C@@]4(O)C(=O)[C@]3(C)C(=O)[C@@]23[C@@H]1CC[C@H](C)[C@]34O. The zero-order valence-electron chi connectivity index (χ0n) is 15.6. The highest BCUT2D eigenvalue weighted by atomic mass is 16.7. The van der Waals surface area contributed by atoms with E-state index < -0.39 is 33.6 Å². The standard InChI is InChI=1S/C20H28O5/c1-9-8-12-13-16(3,4)25-20(24)15(22)17(13,5)14(21)18(12)11(9)7-6-10(2)19(18,20)23/h9-13,23-24H,6-8H2,1-5H3/t9-,10-,11+,12-,13+,17-,18+,19-,20-/m0/s1. The lowest BCUT2D eigenvalue weighted by Gasteiger charge is -2.64. The van der Waals surface area contributed by atoms with Crippen LogP contribution in [-0.4, -0.2) is 38.8 Å². The Morgan fingerprint density at radius 2 is 1.64 bits per heavy atom. The Morgan fingerprint density at radius 1 is 1.00 bits per heavy atom. The van der Waals surface area contributed by atoms with E-state index in [1.54, 1.807) is 6.92 Å². The van der Waals surface area contributed by atoms with Gasteiger partial charge in [-0.2, -0.15) is 0 Å². The van der Waals surface area contributed by atoms with E-state index in [2.05, 4.69) is 6.92 Å². The van der Waals surface area contributed by atoms with E-state index in [0.717, 1.165) is 12.8 Å². The molecule has 5 heteroatoms. The third-order valence-electron chi connectivity index (χ3n) is 9.06. The third-order valence-corrected chi connectivity index (χ3v) is 9.06. The van der Waals surface area contributed by atoms with Gasteiger partial charge < -0.3 is 14.9 Å². The molecular weight excluding hydrogens is 320 g/mol. The summed E-state index contributed by atoms with van der Waals surface area (Å²) in [4.78, 5) is 27.3. The molecule has 9 atom stereocenters. The van der Waals surface area contributed by atoms with Crippen LogP contribution in [0.4, 0.5) is 0 Å². The topological polar surface area (TPSA) is 83.8 Å². The maximum absolute atomic E-state index is 13.9. The Hall–Kier alpha value is -0.780. The fraction of sp³-hybridized carbons (Fsp3) is 0.900. The number of ether oxygens (including phenoxy) is 1. The van der Waals surface area contributed by atoms with Crippen molar-refractivity contribution in [3.05, 3.63) is 0 Å². The van der Waals surface area contributed by atoms with Crippen LogP contribution in [0.25, 0.3) is 0 Å². The van der Waals surface area contributed by atoms with Crippen LogP contribution < -0.4 is 0 Å². The molecule has 0 unspecified atom stereocenters. The molecule has 1 heterocycles. The van der Waals surface area contributed by atoms with Gasteiger partial charge in [-0.25, -0.2) is 0 Å². The average molecular weight is 348 g/mol. The summed E-state index contributed by atoms with van der Waals surface area (Å²) in [5.41, 5.74) is -5.00. The van der Waals surface area contributed by atoms with E-state index in [-0.39, 0.29) is 29.5 Å². The normalized spacial score (nSPS) is 63.9. The molecule has 1 spiro atoms. The summed E-state index contributed by atoms with van der Waals surface area (Å²) >= 11 is 0. The van der Waals surface area contributed by atoms with Crippen molar-refractivity contribution in [1.82, 2.24) is 0 Å². The lowest BCUT2D eigenvalue weighted by Crippen LogP contribution is -2.83. The predicted octanol–water partition coefficient (Wildman–Crippen LogP) is 1.69. The van der Waals surface area contributed by atoms with Crippen molar-refractivity contribution in [3.63, 3.8) is 0 Å². The summed E-state index contributed by atoms with van der Waals surface area (Å²) in [5, 5.41) is 23.6. The monoisotopic (exact) mass is 348 g/mol. The van der Waals surface area contributed by atoms with Gasteiger partial charge in [-0.3, -0.25) is 9.59 Å². The molecule has 5 nitrogen and oxygen atoms in total. The Kier molecular flexibility index (Phi) is 2.56. The van der Waals surface area contributed by atoms with Gasteiger partial charge in [0.05, 0.1) is 16.4 Å². The summed E-state index contributed by atoms with van der Waals surface area (Å²) in [6.07, 6.45) is 2.36. The number of carbonyl (C=O) groups excluding carboxylic acids is 2. The van der Waals surface area contributed by atoms with Crippen LogP contribution in [-0.2, 0) is 14.3 Å². The number of aliphatic hydroxyl groups is 2. The number of rotatable bonds is 0. The highest BCUT2D eigenvalue weighted by Crippen LogP contribution is 2.81. The summed E-state index contributed by atoms with van der Waals surface area (Å²) in [6.45, 7) is 9.44. The van der Waals surface area contributed by atoms with Gasteiger partial charge in [0.2, 0.25) is 5.78 Å². The first-order valence-corrected chi connectivity index (χ1v) is 9.66. The van der Waals surface area contributed by atoms with E-state index in [1.165, 1.54) is 0 Å². The van der Waals surface area contributed by atoms with Crippen molar-refractivity contribution < 1.29 is 24.5 Å². The minimum atomic E-state index is -2.30. The van der Waals surface area contributed by atoms with Gasteiger partial charge in [0, 0.05) is 5.92 Å². The predicted molar refractivity (Wildman–Crippen MR) is 88.3 cm³/mol. The first kappa shape index (κ1) is 16.4. The molecule has 4 saturated carbocycles. The molecule has 0 aromatic carbocycles. The largest absolute Gasteiger partial charge is 0.382 e. The molecule has 0 radical (unpaired) electrons. The van der Waals surface area contributed by atoms with Gasteiger partial charge in [-0.15, -0.1) is 0 Å². The minimum absolute atomic E-state index is 0.00708. The van der Waals surface area contributed by atoms with Crippen LogP contribution in [0.15, 0.2) is 0 Å². The molecule has 4 aliphatic carbocycles.